The Balaban J connectivity index is 1.14. The van der Waals surface area contributed by atoms with Crippen LogP contribution in [0.5, 0.6) is 17.2 Å². The number of nitrogens with one attached hydrogen (secondary N) is 2. The van der Waals surface area contributed by atoms with Gasteiger partial charge in [-0.1, -0.05) is 54.9 Å². The molecule has 0 radical (unpaired) electrons. The van der Waals surface area contributed by atoms with Crippen LogP contribution < -0.4 is 20.1 Å². The van der Waals surface area contributed by atoms with Crippen molar-refractivity contribution in [2.75, 3.05) is 17.7 Å². The molecule has 0 bridgehead atoms. The van der Waals surface area contributed by atoms with Crippen LogP contribution in [-0.4, -0.2) is 38.8 Å². The second-order valence-corrected chi connectivity index (χ2v) is 11.9. The Morgan fingerprint density at radius 2 is 1.73 bits per heavy atom. The zero-order valence-corrected chi connectivity index (χ0v) is 25.1. The molecular weight excluding hydrogens is 572 g/mol. The van der Waals surface area contributed by atoms with Crippen molar-refractivity contribution in [1.29, 1.82) is 0 Å². The number of para-hydroxylation sites is 1. The second kappa shape index (κ2) is 12.3. The van der Waals surface area contributed by atoms with E-state index in [2.05, 4.69) is 15.6 Å². The van der Waals surface area contributed by atoms with Crippen LogP contribution in [0.25, 0.3) is 21.3 Å². The zero-order valence-electron chi connectivity index (χ0n) is 24.3. The van der Waals surface area contributed by atoms with Crippen LogP contribution in [-0.2, 0) is 6.54 Å². The number of amides is 1. The fourth-order valence-electron chi connectivity index (χ4n) is 5.61. The Hall–Kier alpha value is -4.96. The number of benzene rings is 3. The van der Waals surface area contributed by atoms with E-state index in [1.54, 1.807) is 37.6 Å². The van der Waals surface area contributed by atoms with E-state index in [0.29, 0.717) is 34.8 Å². The molecule has 0 spiro atoms. The summed E-state index contributed by atoms with van der Waals surface area (Å²) in [4.78, 5) is 22.2. The minimum absolute atomic E-state index is 0.222. The lowest BCUT2D eigenvalue weighted by Gasteiger charge is -2.22. The van der Waals surface area contributed by atoms with Gasteiger partial charge in [0.2, 0.25) is 0 Å². The van der Waals surface area contributed by atoms with Gasteiger partial charge in [-0.25, -0.2) is 14.6 Å². The molecule has 0 unspecified atom stereocenters. The van der Waals surface area contributed by atoms with Gasteiger partial charge in [-0.2, -0.15) is 5.10 Å². The van der Waals surface area contributed by atoms with Crippen molar-refractivity contribution < 1.29 is 14.3 Å². The van der Waals surface area contributed by atoms with E-state index >= 15 is 0 Å². The largest absolute Gasteiger partial charge is 0.497 e. The number of carbonyl (C=O) groups excluding carboxylic acids is 1. The summed E-state index contributed by atoms with van der Waals surface area (Å²) in [6.07, 6.45) is 7.67. The fraction of sp³-hybridized carbons (Fsp3) is 0.235. The summed E-state index contributed by atoms with van der Waals surface area (Å²) in [6, 6.07) is 25.1. The quantitative estimate of drug-likeness (QED) is 0.173. The molecule has 44 heavy (non-hydrogen) atoms. The van der Waals surface area contributed by atoms with Gasteiger partial charge in [0.1, 0.15) is 22.6 Å². The first-order valence-electron chi connectivity index (χ1n) is 14.8. The first-order chi connectivity index (χ1) is 21.6. The lowest BCUT2D eigenvalue weighted by atomic mass is 9.95. The molecule has 1 aliphatic carbocycles. The molecule has 6 aromatic rings. The molecule has 1 amide bonds. The van der Waals surface area contributed by atoms with Gasteiger partial charge < -0.3 is 14.8 Å². The highest BCUT2D eigenvalue weighted by molar-refractivity contribution is 7.22. The van der Waals surface area contributed by atoms with Crippen molar-refractivity contribution in [3.05, 3.63) is 96.2 Å². The maximum Gasteiger partial charge on any atom is 0.257 e. The van der Waals surface area contributed by atoms with Crippen molar-refractivity contribution in [3.63, 3.8) is 0 Å². The van der Waals surface area contributed by atoms with Gasteiger partial charge in [-0.05, 0) is 66.9 Å². The Bertz CT molecular complexity index is 1880. The van der Waals surface area contributed by atoms with Crippen molar-refractivity contribution in [1.82, 2.24) is 19.7 Å². The van der Waals surface area contributed by atoms with Gasteiger partial charge >= 0.3 is 0 Å². The molecule has 7 rings (SSSR count). The average molecular weight is 605 g/mol. The van der Waals surface area contributed by atoms with E-state index in [4.69, 9.17) is 19.6 Å². The van der Waals surface area contributed by atoms with Crippen LogP contribution in [0.3, 0.4) is 0 Å². The van der Waals surface area contributed by atoms with Crippen molar-refractivity contribution >= 4 is 49.4 Å². The number of hydrogen-bond acceptors (Lipinski definition) is 8. The smallest absolute Gasteiger partial charge is 0.257 e. The Labute approximate surface area is 258 Å². The van der Waals surface area contributed by atoms with Crippen LogP contribution in [0, 0.1) is 0 Å². The fourth-order valence-corrected chi connectivity index (χ4v) is 6.47. The molecule has 1 fully saturated rings. The number of aromatic nitrogens is 4. The minimum atomic E-state index is -0.222. The molecule has 222 valence electrons. The molecule has 10 heteroatoms. The zero-order chi connectivity index (χ0) is 29.9. The van der Waals surface area contributed by atoms with Crippen molar-refractivity contribution in [2.45, 2.75) is 44.7 Å². The van der Waals surface area contributed by atoms with E-state index in [1.807, 2.05) is 59.3 Å². The van der Waals surface area contributed by atoms with E-state index in [9.17, 15) is 4.79 Å². The highest BCUT2D eigenvalue weighted by atomic mass is 32.1. The summed E-state index contributed by atoms with van der Waals surface area (Å²) < 4.78 is 14.7. The first kappa shape index (κ1) is 27.8. The second-order valence-electron chi connectivity index (χ2n) is 10.9. The monoisotopic (exact) mass is 604 g/mol. The predicted molar refractivity (Wildman–Crippen MR) is 174 cm³/mol. The number of ether oxygens (including phenoxy) is 2. The average Bonchev–Trinajstić information content (AvgIpc) is 3.63. The number of anilines is 2. The molecular formula is C34H32N6O3S. The van der Waals surface area contributed by atoms with Gasteiger partial charge in [-0.15, -0.1) is 0 Å². The molecule has 3 aromatic carbocycles. The highest BCUT2D eigenvalue weighted by Gasteiger charge is 2.21. The van der Waals surface area contributed by atoms with Crippen molar-refractivity contribution in [2.24, 2.45) is 0 Å². The number of pyridine rings is 1. The molecule has 0 atom stereocenters. The first-order valence-corrected chi connectivity index (χ1v) is 15.6. The van der Waals surface area contributed by atoms with E-state index in [-0.39, 0.29) is 5.91 Å². The third-order valence-corrected chi connectivity index (χ3v) is 8.84. The molecule has 2 N–H and O–H groups in total. The van der Waals surface area contributed by atoms with E-state index in [0.717, 1.165) is 51.2 Å². The molecule has 0 aliphatic heterocycles. The van der Waals surface area contributed by atoms with Crippen LogP contribution in [0.2, 0.25) is 0 Å². The van der Waals surface area contributed by atoms with E-state index < -0.39 is 0 Å². The molecule has 1 aliphatic rings. The summed E-state index contributed by atoms with van der Waals surface area (Å²) in [5.41, 5.74) is 3.21. The molecule has 1 saturated carbocycles. The van der Waals surface area contributed by atoms with Crippen LogP contribution >= 0.6 is 11.3 Å². The number of carbonyl (C=O) groups is 1. The van der Waals surface area contributed by atoms with Gasteiger partial charge in [0, 0.05) is 23.9 Å². The summed E-state index contributed by atoms with van der Waals surface area (Å²) in [5.74, 6) is 2.63. The number of methoxy groups -OCH3 is 1. The number of rotatable bonds is 9. The predicted octanol–water partition coefficient (Wildman–Crippen LogP) is 7.89. The molecule has 3 heterocycles. The minimum Gasteiger partial charge on any atom is -0.497 e. The molecule has 9 nitrogen and oxygen atoms in total. The Kier molecular flexibility index (Phi) is 7.81. The third kappa shape index (κ3) is 5.93. The third-order valence-electron chi connectivity index (χ3n) is 7.89. The summed E-state index contributed by atoms with van der Waals surface area (Å²) in [5, 5.41) is 13.0. The topological polar surface area (TPSA) is 103 Å². The van der Waals surface area contributed by atoms with Gasteiger partial charge in [0.15, 0.2) is 16.6 Å². The van der Waals surface area contributed by atoms with Crippen LogP contribution in [0.1, 0.15) is 48.0 Å². The summed E-state index contributed by atoms with van der Waals surface area (Å²) >= 11 is 1.45. The van der Waals surface area contributed by atoms with E-state index in [1.165, 1.54) is 30.6 Å². The van der Waals surface area contributed by atoms with Crippen molar-refractivity contribution in [3.8, 4) is 17.2 Å². The normalized spacial score (nSPS) is 13.7. The summed E-state index contributed by atoms with van der Waals surface area (Å²) in [6.45, 7) is 0.557. The molecule has 0 saturated heterocycles. The van der Waals surface area contributed by atoms with Gasteiger partial charge in [-0.3, -0.25) is 10.1 Å². The Morgan fingerprint density at radius 1 is 0.955 bits per heavy atom. The maximum atomic E-state index is 12.9. The maximum absolute atomic E-state index is 12.9. The SMILES string of the molecule is COc1ccc(Cn2nc(NC3CCCCC3)c3c(Oc4ccc(C(=O)Nc5nc6ccccc6s5)cc4)ccnc32)cc1. The van der Waals surface area contributed by atoms with Crippen LogP contribution in [0.15, 0.2) is 85.1 Å². The van der Waals surface area contributed by atoms with Crippen LogP contribution in [0.4, 0.5) is 10.9 Å². The van der Waals surface area contributed by atoms with Gasteiger partial charge in [0.25, 0.3) is 5.91 Å². The van der Waals surface area contributed by atoms with Gasteiger partial charge in [0.05, 0.1) is 23.9 Å². The number of nitrogens with zero attached hydrogens (tertiary/aromatic N) is 4. The summed E-state index contributed by atoms with van der Waals surface area (Å²) in [7, 11) is 1.66. The highest BCUT2D eigenvalue weighted by Crippen LogP contribution is 2.36. The number of hydrogen-bond donors (Lipinski definition) is 2. The molecule has 3 aromatic heterocycles. The number of thiazole rings is 1. The number of fused-ring (bicyclic) bond motifs is 2. The lowest BCUT2D eigenvalue weighted by molar-refractivity contribution is 0.102. The Morgan fingerprint density at radius 3 is 2.50 bits per heavy atom. The lowest BCUT2D eigenvalue weighted by Crippen LogP contribution is -2.22. The standard InChI is InChI=1S/C34H32N6O3S/c1-42-25-15-11-22(12-16-25)21-40-32-30(31(39-40)36-24-7-3-2-4-8-24)28(19-20-35-32)43-26-17-13-23(14-18-26)33(41)38-34-37-27-9-5-6-10-29(27)44-34/h5-6,9-20,24H,2-4,7-8,21H2,1H3,(H,36,39)(H,37,38,41).